The molecule has 1 aromatic heterocycles. The Labute approximate surface area is 207 Å². The first kappa shape index (κ1) is 28.5. The number of hydrogen-bond donors (Lipinski definition) is 2. The van der Waals surface area contributed by atoms with Crippen LogP contribution in [0, 0.1) is 46.1 Å². The van der Waals surface area contributed by atoms with Gasteiger partial charge in [0.15, 0.2) is 0 Å². The molecule has 4 heteroatoms. The largest absolute Gasteiger partial charge is 0.393 e. The van der Waals surface area contributed by atoms with E-state index in [1.54, 1.807) is 6.92 Å². The number of benzene rings is 2. The Kier molecular flexibility index (Phi) is 10.2. The molecule has 3 rings (SSSR count). The van der Waals surface area contributed by atoms with Gasteiger partial charge in [-0.25, -0.2) is 0 Å². The third-order valence-corrected chi connectivity index (χ3v) is 5.80. The molecule has 0 aliphatic rings. The molecule has 0 aliphatic heterocycles. The maximum atomic E-state index is 9.40. The third-order valence-electron chi connectivity index (χ3n) is 5.80. The first-order valence-electron chi connectivity index (χ1n) is 11.0. The summed E-state index contributed by atoms with van der Waals surface area (Å²) in [6.07, 6.45) is -0.356. The van der Waals surface area contributed by atoms with Crippen molar-refractivity contribution in [2.24, 2.45) is 5.41 Å². The van der Waals surface area contributed by atoms with Crippen LogP contribution >= 0.6 is 0 Å². The van der Waals surface area contributed by atoms with Crippen molar-refractivity contribution in [2.75, 3.05) is 0 Å². The Morgan fingerprint density at radius 3 is 2.09 bits per heavy atom. The molecular weight excluding hydrogens is 575 g/mol. The van der Waals surface area contributed by atoms with E-state index in [0.717, 1.165) is 16.8 Å². The summed E-state index contributed by atoms with van der Waals surface area (Å²) >= 11 is 0. The van der Waals surface area contributed by atoms with Gasteiger partial charge in [-0.2, -0.15) is 0 Å². The van der Waals surface area contributed by atoms with E-state index < -0.39 is 12.2 Å². The Bertz CT molecular complexity index is 1050. The van der Waals surface area contributed by atoms with Gasteiger partial charge in [-0.15, -0.1) is 34.9 Å². The van der Waals surface area contributed by atoms with Gasteiger partial charge in [0.05, 0.1) is 17.7 Å². The van der Waals surface area contributed by atoms with Gasteiger partial charge in [-0.3, -0.25) is 4.98 Å². The van der Waals surface area contributed by atoms with Crippen molar-refractivity contribution in [1.29, 1.82) is 0 Å². The number of fused-ring (bicyclic) bond motifs is 1. The van der Waals surface area contributed by atoms with Crippen molar-refractivity contribution in [1.82, 2.24) is 4.98 Å². The Morgan fingerprint density at radius 2 is 1.56 bits per heavy atom. The van der Waals surface area contributed by atoms with Crippen molar-refractivity contribution in [3.8, 4) is 11.3 Å². The van der Waals surface area contributed by atoms with Crippen molar-refractivity contribution in [3.63, 3.8) is 0 Å². The Hall–Kier alpha value is -1.58. The average molecular weight is 613 g/mol. The molecular formula is C28H38IrNO2-. The summed E-state index contributed by atoms with van der Waals surface area (Å²) in [7, 11) is 0. The van der Waals surface area contributed by atoms with Crippen LogP contribution in [0.25, 0.3) is 22.2 Å². The molecule has 3 aromatic rings. The van der Waals surface area contributed by atoms with Gasteiger partial charge in [-0.05, 0) is 62.4 Å². The van der Waals surface area contributed by atoms with Crippen LogP contribution in [0.3, 0.4) is 0 Å². The molecule has 32 heavy (non-hydrogen) atoms. The molecule has 2 unspecified atom stereocenters. The van der Waals surface area contributed by atoms with E-state index in [0.29, 0.717) is 6.42 Å². The van der Waals surface area contributed by atoms with E-state index in [1.165, 1.54) is 33.2 Å². The fraction of sp³-hybridized carbons (Fsp3) is 0.464. The van der Waals surface area contributed by atoms with Gasteiger partial charge >= 0.3 is 0 Å². The average Bonchev–Trinajstić information content (AvgIpc) is 2.64. The van der Waals surface area contributed by atoms with Crippen molar-refractivity contribution < 1.29 is 30.3 Å². The summed E-state index contributed by atoms with van der Waals surface area (Å²) in [5.41, 5.74) is 9.42. The second-order valence-electron chi connectivity index (χ2n) is 9.93. The predicted molar refractivity (Wildman–Crippen MR) is 131 cm³/mol. The topological polar surface area (TPSA) is 53.4 Å². The molecule has 0 fully saturated rings. The van der Waals surface area contributed by atoms with Crippen LogP contribution in [0.4, 0.5) is 0 Å². The number of hydrogen-bond acceptors (Lipinski definition) is 3. The summed E-state index contributed by atoms with van der Waals surface area (Å²) in [4.78, 5) is 4.94. The summed E-state index contributed by atoms with van der Waals surface area (Å²) in [6, 6.07) is 14.1. The van der Waals surface area contributed by atoms with Crippen LogP contribution in [0.2, 0.25) is 0 Å². The van der Waals surface area contributed by atoms with Crippen LogP contribution in [-0.4, -0.2) is 27.4 Å². The molecule has 3 nitrogen and oxygen atoms in total. The number of aliphatic hydroxyl groups excluding tert-OH is 2. The van der Waals surface area contributed by atoms with E-state index in [4.69, 9.17) is 10.1 Å². The van der Waals surface area contributed by atoms with Gasteiger partial charge in [0, 0.05) is 25.5 Å². The molecule has 2 aromatic carbocycles. The fourth-order valence-electron chi connectivity index (χ4n) is 3.59. The number of aromatic nitrogens is 1. The number of pyridine rings is 1. The summed E-state index contributed by atoms with van der Waals surface area (Å²) in [5.74, 6) is 0. The first-order valence-corrected chi connectivity index (χ1v) is 11.0. The molecule has 1 radical (unpaired) electrons. The molecule has 177 valence electrons. The van der Waals surface area contributed by atoms with Crippen molar-refractivity contribution >= 4 is 10.9 Å². The first-order chi connectivity index (χ1) is 14.3. The minimum Gasteiger partial charge on any atom is -0.393 e. The van der Waals surface area contributed by atoms with Gasteiger partial charge in [0.25, 0.3) is 0 Å². The zero-order chi connectivity index (χ0) is 23.5. The molecule has 0 saturated carbocycles. The van der Waals surface area contributed by atoms with Crippen LogP contribution < -0.4 is 0 Å². The molecule has 0 amide bonds. The Balaban J connectivity index is 0.000000400. The van der Waals surface area contributed by atoms with Gasteiger partial charge in [0.2, 0.25) is 0 Å². The monoisotopic (exact) mass is 613 g/mol. The summed E-state index contributed by atoms with van der Waals surface area (Å²) in [6.45, 7) is 18.3. The molecule has 2 N–H and O–H groups in total. The number of nitrogens with zero attached hydrogens (tertiary/aromatic N) is 1. The van der Waals surface area contributed by atoms with E-state index in [2.05, 4.69) is 65.0 Å². The van der Waals surface area contributed by atoms with Gasteiger partial charge in [-0.1, -0.05) is 52.3 Å². The molecule has 2 atom stereocenters. The fourth-order valence-corrected chi connectivity index (χ4v) is 3.59. The van der Waals surface area contributed by atoms with Gasteiger partial charge in [0.1, 0.15) is 0 Å². The quantitative estimate of drug-likeness (QED) is 0.337. The summed E-state index contributed by atoms with van der Waals surface area (Å²) in [5, 5.41) is 19.6. The van der Waals surface area contributed by atoms with Crippen molar-refractivity contribution in [3.05, 3.63) is 64.2 Å². The van der Waals surface area contributed by atoms with Crippen LogP contribution in [0.15, 0.2) is 30.3 Å². The van der Waals surface area contributed by atoms with E-state index >= 15 is 0 Å². The SMILES string of the molecule is CC(O)CC(O)C(C)(C)C.Cc1cc(C)c2cc(C)c(-c3[c-]ccc(C)c3C)nc2c1.[Ir]. The number of aliphatic hydroxyl groups is 2. The van der Waals surface area contributed by atoms with Crippen LogP contribution in [-0.2, 0) is 20.1 Å². The van der Waals surface area contributed by atoms with E-state index in [9.17, 15) is 5.11 Å². The predicted octanol–water partition coefficient (Wildman–Crippen LogP) is 6.41. The maximum Gasteiger partial charge on any atom is 0.0613 e. The third kappa shape index (κ3) is 7.21. The zero-order valence-electron chi connectivity index (χ0n) is 20.9. The van der Waals surface area contributed by atoms with E-state index in [-0.39, 0.29) is 25.5 Å². The molecule has 1 heterocycles. The van der Waals surface area contributed by atoms with E-state index in [1.807, 2.05) is 26.8 Å². The smallest absolute Gasteiger partial charge is 0.0613 e. The minimum absolute atomic E-state index is 0. The second-order valence-corrected chi connectivity index (χ2v) is 9.93. The maximum absolute atomic E-state index is 9.40. The normalized spacial score (nSPS) is 13.1. The second kappa shape index (κ2) is 11.5. The summed E-state index contributed by atoms with van der Waals surface area (Å²) < 4.78 is 0. The molecule has 0 spiro atoms. The van der Waals surface area contributed by atoms with Crippen molar-refractivity contribution in [2.45, 2.75) is 80.9 Å². The minimum atomic E-state index is -0.410. The van der Waals surface area contributed by atoms with Crippen LogP contribution in [0.1, 0.15) is 61.9 Å². The molecule has 0 aliphatic carbocycles. The standard InChI is InChI=1S/C20H20N.C8H18O2.Ir/c1-12-9-14(3)18-11-15(4)20(21-19(18)10-12)17-8-6-7-13(2)16(17)5;1-6(9)5-7(10)8(2,3)4;/h6-7,9-11H,1-5H3;6-7,9-10H,5H2,1-4H3;/q-1;;. The Morgan fingerprint density at radius 1 is 0.938 bits per heavy atom. The number of aryl methyl sites for hydroxylation is 4. The van der Waals surface area contributed by atoms with Crippen LogP contribution in [0.5, 0.6) is 0 Å². The number of rotatable bonds is 3. The molecule has 0 saturated heterocycles. The van der Waals surface area contributed by atoms with Gasteiger partial charge < -0.3 is 10.2 Å². The molecule has 0 bridgehead atoms. The zero-order valence-corrected chi connectivity index (χ0v) is 23.3.